The maximum Gasteiger partial charge on any atom is 0.258 e. The van der Waals surface area contributed by atoms with Crippen molar-refractivity contribution in [2.75, 3.05) is 6.61 Å². The van der Waals surface area contributed by atoms with E-state index in [-0.39, 0.29) is 18.6 Å². The summed E-state index contributed by atoms with van der Waals surface area (Å²) in [7, 11) is 0. The average molecular weight is 352 g/mol. The maximum absolute atomic E-state index is 12.0. The highest BCUT2D eigenvalue weighted by Gasteiger charge is 2.10. The van der Waals surface area contributed by atoms with Crippen LogP contribution in [0, 0.1) is 6.92 Å². The first-order valence-corrected chi connectivity index (χ1v) is 8.99. The van der Waals surface area contributed by atoms with E-state index in [0.717, 1.165) is 21.8 Å². The van der Waals surface area contributed by atoms with Gasteiger partial charge in [-0.1, -0.05) is 30.3 Å². The van der Waals surface area contributed by atoms with Gasteiger partial charge in [-0.15, -0.1) is 11.3 Å². The largest absolute Gasteiger partial charge is 0.484 e. The van der Waals surface area contributed by atoms with Gasteiger partial charge in [-0.2, -0.15) is 0 Å². The van der Waals surface area contributed by atoms with Gasteiger partial charge in [0.05, 0.1) is 6.04 Å². The van der Waals surface area contributed by atoms with E-state index in [2.05, 4.69) is 10.3 Å². The van der Waals surface area contributed by atoms with Crippen molar-refractivity contribution in [3.63, 3.8) is 0 Å². The van der Waals surface area contributed by atoms with Gasteiger partial charge in [-0.25, -0.2) is 4.98 Å². The number of carbonyl (C=O) groups is 1. The van der Waals surface area contributed by atoms with Crippen molar-refractivity contribution in [3.8, 4) is 16.3 Å². The zero-order chi connectivity index (χ0) is 17.6. The normalized spacial score (nSPS) is 11.8. The van der Waals surface area contributed by atoms with E-state index in [4.69, 9.17) is 4.74 Å². The third-order valence-electron chi connectivity index (χ3n) is 3.77. The van der Waals surface area contributed by atoms with Crippen LogP contribution in [-0.4, -0.2) is 17.5 Å². The van der Waals surface area contributed by atoms with Crippen LogP contribution in [0.25, 0.3) is 10.6 Å². The molecule has 0 aliphatic carbocycles. The number of carbonyl (C=O) groups excluding carboxylic acids is 1. The molecule has 1 aromatic heterocycles. The van der Waals surface area contributed by atoms with Gasteiger partial charge in [0.25, 0.3) is 5.91 Å². The number of benzene rings is 2. The van der Waals surface area contributed by atoms with Crippen LogP contribution in [0.5, 0.6) is 5.75 Å². The molecule has 2 aromatic carbocycles. The second-order valence-electron chi connectivity index (χ2n) is 5.81. The van der Waals surface area contributed by atoms with Gasteiger partial charge in [0.2, 0.25) is 0 Å². The summed E-state index contributed by atoms with van der Waals surface area (Å²) in [4.78, 5) is 16.5. The number of amides is 1. The van der Waals surface area contributed by atoms with Crippen LogP contribution in [0.3, 0.4) is 0 Å². The Morgan fingerprint density at radius 1 is 1.16 bits per heavy atom. The molecule has 4 nitrogen and oxygen atoms in total. The van der Waals surface area contributed by atoms with Gasteiger partial charge in [0, 0.05) is 16.6 Å². The molecule has 0 aliphatic rings. The number of ether oxygens (including phenoxy) is 1. The molecule has 0 radical (unpaired) electrons. The molecule has 0 unspecified atom stereocenters. The molecule has 1 atom stereocenters. The van der Waals surface area contributed by atoms with E-state index in [0.29, 0.717) is 5.75 Å². The molecule has 25 heavy (non-hydrogen) atoms. The molecule has 0 bridgehead atoms. The minimum Gasteiger partial charge on any atom is -0.484 e. The predicted octanol–water partition coefficient (Wildman–Crippen LogP) is 4.37. The van der Waals surface area contributed by atoms with Crippen LogP contribution in [0.15, 0.2) is 60.0 Å². The number of nitrogens with one attached hydrogen (secondary N) is 1. The molecule has 5 heteroatoms. The van der Waals surface area contributed by atoms with Crippen molar-refractivity contribution < 1.29 is 9.53 Å². The molecule has 3 aromatic rings. The Morgan fingerprint density at radius 2 is 1.88 bits per heavy atom. The fraction of sp³-hybridized carbons (Fsp3) is 0.200. The predicted molar refractivity (Wildman–Crippen MR) is 101 cm³/mol. The zero-order valence-electron chi connectivity index (χ0n) is 14.2. The fourth-order valence-electron chi connectivity index (χ4n) is 2.44. The van der Waals surface area contributed by atoms with Crippen LogP contribution < -0.4 is 10.1 Å². The van der Waals surface area contributed by atoms with Crippen LogP contribution >= 0.6 is 11.3 Å². The van der Waals surface area contributed by atoms with Crippen LogP contribution in [0.1, 0.15) is 24.2 Å². The zero-order valence-corrected chi connectivity index (χ0v) is 15.0. The number of hydrogen-bond acceptors (Lipinski definition) is 4. The quantitative estimate of drug-likeness (QED) is 0.716. The second-order valence-corrected chi connectivity index (χ2v) is 6.67. The molecule has 0 saturated heterocycles. The molecule has 3 rings (SSSR count). The second kappa shape index (κ2) is 7.94. The first-order chi connectivity index (χ1) is 12.1. The molecule has 0 fully saturated rings. The number of aryl methyl sites for hydroxylation is 1. The number of aromatic nitrogens is 1. The van der Waals surface area contributed by atoms with E-state index in [1.165, 1.54) is 0 Å². The van der Waals surface area contributed by atoms with Crippen LogP contribution in [-0.2, 0) is 4.79 Å². The van der Waals surface area contributed by atoms with E-state index in [1.54, 1.807) is 11.3 Å². The monoisotopic (exact) mass is 352 g/mol. The van der Waals surface area contributed by atoms with Gasteiger partial charge in [-0.3, -0.25) is 4.79 Å². The van der Waals surface area contributed by atoms with Crippen molar-refractivity contribution in [3.05, 3.63) is 71.2 Å². The highest BCUT2D eigenvalue weighted by Crippen LogP contribution is 2.25. The summed E-state index contributed by atoms with van der Waals surface area (Å²) in [5.74, 6) is 0.524. The smallest absolute Gasteiger partial charge is 0.258 e. The maximum atomic E-state index is 12.0. The lowest BCUT2D eigenvalue weighted by atomic mass is 10.1. The van der Waals surface area contributed by atoms with E-state index >= 15 is 0 Å². The third-order valence-corrected chi connectivity index (χ3v) is 4.78. The van der Waals surface area contributed by atoms with Crippen molar-refractivity contribution in [2.24, 2.45) is 0 Å². The summed E-state index contributed by atoms with van der Waals surface area (Å²) in [5, 5.41) is 5.94. The van der Waals surface area contributed by atoms with Gasteiger partial charge < -0.3 is 10.1 Å². The summed E-state index contributed by atoms with van der Waals surface area (Å²) in [6.07, 6.45) is 0. The summed E-state index contributed by atoms with van der Waals surface area (Å²) in [6.45, 7) is 3.93. The van der Waals surface area contributed by atoms with E-state index in [9.17, 15) is 4.79 Å². The molecule has 1 amide bonds. The first-order valence-electron chi connectivity index (χ1n) is 8.11. The Bertz CT molecular complexity index is 828. The standard InChI is InChI=1S/C20H20N2O2S/c1-14-13-25-20(21-14)17-8-10-18(11-9-17)24-12-19(23)22-15(2)16-6-4-3-5-7-16/h3-11,13,15H,12H2,1-2H3,(H,22,23)/t15-/m0/s1. The van der Waals surface area contributed by atoms with Crippen LogP contribution in [0.2, 0.25) is 0 Å². The molecule has 128 valence electrons. The van der Waals surface area contributed by atoms with Crippen molar-refractivity contribution in [1.29, 1.82) is 0 Å². The van der Waals surface area contributed by atoms with E-state index < -0.39 is 0 Å². The Hall–Kier alpha value is -2.66. The molecule has 1 heterocycles. The Morgan fingerprint density at radius 3 is 2.52 bits per heavy atom. The number of nitrogens with zero attached hydrogens (tertiary/aromatic N) is 1. The number of hydrogen-bond donors (Lipinski definition) is 1. The average Bonchev–Trinajstić information content (AvgIpc) is 3.07. The summed E-state index contributed by atoms with van der Waals surface area (Å²) in [5.41, 5.74) is 3.14. The molecule has 0 saturated carbocycles. The van der Waals surface area contributed by atoms with Gasteiger partial charge in [0.15, 0.2) is 6.61 Å². The highest BCUT2D eigenvalue weighted by molar-refractivity contribution is 7.13. The van der Waals surface area contributed by atoms with Crippen molar-refractivity contribution >= 4 is 17.2 Å². The van der Waals surface area contributed by atoms with E-state index in [1.807, 2.05) is 73.8 Å². The Labute approximate surface area is 151 Å². The number of thiazole rings is 1. The first kappa shape index (κ1) is 17.2. The minimum atomic E-state index is -0.143. The van der Waals surface area contributed by atoms with Gasteiger partial charge in [-0.05, 0) is 43.7 Å². The number of rotatable bonds is 6. The SMILES string of the molecule is Cc1csc(-c2ccc(OCC(=O)N[C@@H](C)c3ccccc3)cc2)n1. The lowest BCUT2D eigenvalue weighted by molar-refractivity contribution is -0.123. The Balaban J connectivity index is 1.52. The Kier molecular flexibility index (Phi) is 5.46. The molecule has 0 spiro atoms. The third kappa shape index (κ3) is 4.67. The lowest BCUT2D eigenvalue weighted by Crippen LogP contribution is -2.31. The molecular weight excluding hydrogens is 332 g/mol. The highest BCUT2D eigenvalue weighted by atomic mass is 32.1. The van der Waals surface area contributed by atoms with Crippen LogP contribution in [0.4, 0.5) is 0 Å². The molecular formula is C20H20N2O2S. The molecule has 0 aliphatic heterocycles. The van der Waals surface area contributed by atoms with Crippen molar-refractivity contribution in [2.45, 2.75) is 19.9 Å². The minimum absolute atomic E-state index is 0.00706. The molecule has 1 N–H and O–H groups in total. The van der Waals surface area contributed by atoms with Gasteiger partial charge in [0.1, 0.15) is 10.8 Å². The van der Waals surface area contributed by atoms with Crippen molar-refractivity contribution in [1.82, 2.24) is 10.3 Å². The summed E-state index contributed by atoms with van der Waals surface area (Å²) < 4.78 is 5.57. The fourth-order valence-corrected chi connectivity index (χ4v) is 3.24. The van der Waals surface area contributed by atoms with Gasteiger partial charge >= 0.3 is 0 Å². The topological polar surface area (TPSA) is 51.2 Å². The summed E-state index contributed by atoms with van der Waals surface area (Å²) >= 11 is 1.62. The lowest BCUT2D eigenvalue weighted by Gasteiger charge is -2.14. The summed E-state index contributed by atoms with van der Waals surface area (Å²) in [6, 6.07) is 17.4.